The third-order valence-electron chi connectivity index (χ3n) is 6.49. The van der Waals surface area contributed by atoms with Crippen molar-refractivity contribution in [3.8, 4) is 0 Å². The van der Waals surface area contributed by atoms with Crippen LogP contribution in [0.5, 0.6) is 0 Å². The molecule has 212 valence electrons. The van der Waals surface area contributed by atoms with E-state index in [1.54, 1.807) is 19.1 Å². The predicted octanol–water partition coefficient (Wildman–Crippen LogP) is 6.46. The van der Waals surface area contributed by atoms with Crippen molar-refractivity contribution in [2.75, 3.05) is 18.2 Å². The largest absolute Gasteiger partial charge is 0.298 e. The summed E-state index contributed by atoms with van der Waals surface area (Å²) in [6.45, 7) is 11.3. The predicted molar refractivity (Wildman–Crippen MR) is 153 cm³/mol. The monoisotopic (exact) mass is 556 g/mol. The maximum atomic E-state index is 13.0. The molecule has 39 heavy (non-hydrogen) atoms. The average molecular weight is 557 g/mol. The van der Waals surface area contributed by atoms with Gasteiger partial charge in [0.05, 0.1) is 28.3 Å². The highest BCUT2D eigenvalue weighted by Gasteiger charge is 2.22. The van der Waals surface area contributed by atoms with Crippen LogP contribution in [0.3, 0.4) is 0 Å². The van der Waals surface area contributed by atoms with E-state index in [4.69, 9.17) is 6.57 Å². The van der Waals surface area contributed by atoms with Crippen molar-refractivity contribution in [2.24, 2.45) is 0 Å². The van der Waals surface area contributed by atoms with Crippen molar-refractivity contribution in [1.29, 1.82) is 0 Å². The number of benzene rings is 2. The Hall–Kier alpha value is -3.42. The molecule has 2 aromatic rings. The lowest BCUT2D eigenvalue weighted by Gasteiger charge is -2.18. The summed E-state index contributed by atoms with van der Waals surface area (Å²) in [5.74, 6) is -1.39. The third-order valence-corrected chi connectivity index (χ3v) is 7.63. The highest BCUT2D eigenvalue weighted by Crippen LogP contribution is 2.30. The van der Waals surface area contributed by atoms with Crippen molar-refractivity contribution >= 4 is 33.0 Å². The summed E-state index contributed by atoms with van der Waals surface area (Å²) in [5, 5.41) is 11.0. The van der Waals surface area contributed by atoms with Crippen molar-refractivity contribution in [3.05, 3.63) is 64.5 Å². The van der Waals surface area contributed by atoms with Gasteiger partial charge in [0.25, 0.3) is 11.8 Å². The minimum Gasteiger partial charge on any atom is -0.298 e. The SMILES string of the molecule is [C-]#[N+]c1cc(NNC(=O)c2ccccc2C(=O)N(O)CCCCCCCCCCCC)c(S(C)(=O)=O)cc1C. The van der Waals surface area contributed by atoms with Crippen LogP contribution in [0, 0.1) is 13.5 Å². The highest BCUT2D eigenvalue weighted by atomic mass is 32.2. The molecule has 0 bridgehead atoms. The molecular weight excluding hydrogens is 516 g/mol. The van der Waals surface area contributed by atoms with Gasteiger partial charge in [0.1, 0.15) is 0 Å². The number of unbranched alkanes of at least 4 members (excludes halogenated alkanes) is 9. The number of rotatable bonds is 16. The van der Waals surface area contributed by atoms with E-state index in [1.165, 1.54) is 62.8 Å². The zero-order chi connectivity index (χ0) is 28.8. The second kappa shape index (κ2) is 15.9. The molecule has 0 heterocycles. The number of hydrogen-bond acceptors (Lipinski definition) is 6. The van der Waals surface area contributed by atoms with Gasteiger partial charge in [0.2, 0.25) is 0 Å². The van der Waals surface area contributed by atoms with E-state index in [1.807, 2.05) is 0 Å². The minimum absolute atomic E-state index is 0.00976. The van der Waals surface area contributed by atoms with Gasteiger partial charge >= 0.3 is 0 Å². The Labute approximate surface area is 232 Å². The van der Waals surface area contributed by atoms with E-state index in [0.29, 0.717) is 17.0 Å². The maximum absolute atomic E-state index is 13.0. The zero-order valence-corrected chi connectivity index (χ0v) is 23.9. The molecule has 10 heteroatoms. The standard InChI is InChI=1S/C29H40N4O5S/c1-5-6-7-8-9-10-11-12-13-16-19-33(36)29(35)24-18-15-14-17-23(24)28(34)32-31-26-21-25(30-3)22(2)20-27(26)39(4,37)38/h14-15,17-18,20-21,31,36H,5-13,16,19H2,1-2,4H3,(H,32,34). The molecule has 0 aliphatic heterocycles. The molecule has 2 rings (SSSR count). The summed E-state index contributed by atoms with van der Waals surface area (Å²) >= 11 is 0. The number of nitrogens with one attached hydrogen (secondary N) is 2. The first-order valence-electron chi connectivity index (χ1n) is 13.5. The molecular formula is C29H40N4O5S. The molecule has 0 fully saturated rings. The van der Waals surface area contributed by atoms with Gasteiger partial charge in [-0.2, -0.15) is 0 Å². The number of aryl methyl sites for hydroxylation is 1. The van der Waals surface area contributed by atoms with Crippen LogP contribution in [0.1, 0.15) is 97.4 Å². The van der Waals surface area contributed by atoms with Crippen molar-refractivity contribution < 1.29 is 23.2 Å². The van der Waals surface area contributed by atoms with Crippen molar-refractivity contribution in [1.82, 2.24) is 10.5 Å². The van der Waals surface area contributed by atoms with Crippen LogP contribution in [0.2, 0.25) is 0 Å². The normalized spacial score (nSPS) is 11.1. The van der Waals surface area contributed by atoms with E-state index in [-0.39, 0.29) is 33.9 Å². The van der Waals surface area contributed by atoms with E-state index >= 15 is 0 Å². The second-order valence-corrected chi connectivity index (χ2v) is 11.7. The lowest BCUT2D eigenvalue weighted by atomic mass is 10.1. The fraction of sp³-hybridized carbons (Fsp3) is 0.483. The highest BCUT2D eigenvalue weighted by molar-refractivity contribution is 7.90. The van der Waals surface area contributed by atoms with E-state index in [2.05, 4.69) is 22.6 Å². The fourth-order valence-electron chi connectivity index (χ4n) is 4.24. The van der Waals surface area contributed by atoms with E-state index in [0.717, 1.165) is 25.5 Å². The van der Waals surface area contributed by atoms with Gasteiger partial charge in [-0.05, 0) is 43.2 Å². The van der Waals surface area contributed by atoms with Crippen LogP contribution in [0.4, 0.5) is 11.4 Å². The molecule has 0 saturated carbocycles. The molecule has 0 aliphatic carbocycles. The van der Waals surface area contributed by atoms with Crippen LogP contribution >= 0.6 is 0 Å². The Morgan fingerprint density at radius 3 is 2.08 bits per heavy atom. The van der Waals surface area contributed by atoms with Gasteiger partial charge in [0, 0.05) is 12.8 Å². The second-order valence-electron chi connectivity index (χ2n) is 9.75. The quantitative estimate of drug-likeness (QED) is 0.0945. The molecule has 3 N–H and O–H groups in total. The number of hydrogen-bond donors (Lipinski definition) is 3. The Balaban J connectivity index is 1.96. The van der Waals surface area contributed by atoms with Crippen molar-refractivity contribution in [3.63, 3.8) is 0 Å². The Bertz CT molecular complexity index is 1270. The first-order valence-corrected chi connectivity index (χ1v) is 15.4. The van der Waals surface area contributed by atoms with Crippen LogP contribution < -0.4 is 10.9 Å². The van der Waals surface area contributed by atoms with Gasteiger partial charge < -0.3 is 0 Å². The molecule has 2 aromatic carbocycles. The van der Waals surface area contributed by atoms with Crippen LogP contribution in [-0.4, -0.2) is 43.3 Å². The number of nitrogens with zero attached hydrogens (tertiary/aromatic N) is 2. The molecule has 0 unspecified atom stereocenters. The van der Waals surface area contributed by atoms with E-state index in [9.17, 15) is 23.2 Å². The van der Waals surface area contributed by atoms with Gasteiger partial charge in [-0.3, -0.25) is 25.6 Å². The van der Waals surface area contributed by atoms with Gasteiger partial charge in [-0.25, -0.2) is 18.3 Å². The smallest absolute Gasteiger partial charge is 0.278 e. The molecule has 0 spiro atoms. The summed E-state index contributed by atoms with van der Waals surface area (Å²) in [6, 6.07) is 8.78. The van der Waals surface area contributed by atoms with Crippen LogP contribution in [0.25, 0.3) is 4.85 Å². The maximum Gasteiger partial charge on any atom is 0.278 e. The fourth-order valence-corrected chi connectivity index (χ4v) is 5.14. The van der Waals surface area contributed by atoms with E-state index < -0.39 is 21.7 Å². The number of sulfone groups is 1. The molecule has 2 amide bonds. The van der Waals surface area contributed by atoms with Crippen LogP contribution in [0.15, 0.2) is 41.3 Å². The van der Waals surface area contributed by atoms with Crippen molar-refractivity contribution in [2.45, 2.75) is 83.0 Å². The Morgan fingerprint density at radius 1 is 0.949 bits per heavy atom. The summed E-state index contributed by atoms with van der Waals surface area (Å²) < 4.78 is 24.5. The first-order chi connectivity index (χ1) is 18.6. The average Bonchev–Trinajstić information content (AvgIpc) is 2.91. The number of anilines is 1. The van der Waals surface area contributed by atoms with Gasteiger partial charge in [-0.15, -0.1) is 0 Å². The molecule has 0 atom stereocenters. The number of carbonyl (C=O) groups is 2. The minimum atomic E-state index is -3.66. The number of amides is 2. The Morgan fingerprint density at radius 2 is 1.51 bits per heavy atom. The number of hydrazine groups is 1. The molecule has 0 radical (unpaired) electrons. The first kappa shape index (κ1) is 31.8. The molecule has 0 saturated heterocycles. The molecule has 9 nitrogen and oxygen atoms in total. The summed E-state index contributed by atoms with van der Waals surface area (Å²) in [7, 11) is -3.66. The molecule has 0 aliphatic rings. The lowest BCUT2D eigenvalue weighted by molar-refractivity contribution is -0.0589. The summed E-state index contributed by atoms with van der Waals surface area (Å²) in [4.78, 5) is 29.2. The topological polar surface area (TPSA) is 120 Å². The molecule has 0 aromatic heterocycles. The lowest BCUT2D eigenvalue weighted by Crippen LogP contribution is -2.34. The van der Waals surface area contributed by atoms with Gasteiger partial charge in [0.15, 0.2) is 15.5 Å². The number of hydroxylamine groups is 2. The number of carbonyl (C=O) groups excluding carboxylic acids is 2. The van der Waals surface area contributed by atoms with Crippen LogP contribution in [-0.2, 0) is 9.84 Å². The Kier molecular flexibility index (Phi) is 12.9. The summed E-state index contributed by atoms with van der Waals surface area (Å²) in [5.41, 5.74) is 5.78. The summed E-state index contributed by atoms with van der Waals surface area (Å²) in [6.07, 6.45) is 12.3. The zero-order valence-electron chi connectivity index (χ0n) is 23.1. The van der Waals surface area contributed by atoms with Gasteiger partial charge in [-0.1, -0.05) is 76.8 Å². The third kappa shape index (κ3) is 10.0.